The van der Waals surface area contributed by atoms with E-state index in [0.29, 0.717) is 18.7 Å². The smallest absolute Gasteiger partial charge is 0.243 e. The average Bonchev–Trinajstić information content (AvgIpc) is 2.83. The molecule has 3 aromatic carbocycles. The van der Waals surface area contributed by atoms with E-state index in [1.807, 2.05) is 82.3 Å². The Morgan fingerprint density at radius 1 is 0.806 bits per heavy atom. The predicted molar refractivity (Wildman–Crippen MR) is 151 cm³/mol. The number of nitrogens with zero attached hydrogens (tertiary/aromatic N) is 1. The molecule has 0 saturated heterocycles. The molecular formula is C31H38N2O2S. The molecule has 190 valence electrons. The van der Waals surface area contributed by atoms with Crippen LogP contribution in [-0.2, 0) is 28.3 Å². The van der Waals surface area contributed by atoms with E-state index in [-0.39, 0.29) is 11.8 Å². The van der Waals surface area contributed by atoms with Crippen molar-refractivity contribution >= 4 is 23.6 Å². The first-order valence-corrected chi connectivity index (χ1v) is 13.6. The Hall–Kier alpha value is -3.05. The van der Waals surface area contributed by atoms with Gasteiger partial charge in [0.2, 0.25) is 11.8 Å². The summed E-state index contributed by atoms with van der Waals surface area (Å²) in [5.74, 6) is 0.906. The van der Waals surface area contributed by atoms with E-state index in [9.17, 15) is 9.59 Å². The highest BCUT2D eigenvalue weighted by molar-refractivity contribution is 7.99. The first-order chi connectivity index (χ1) is 17.1. The molecule has 0 fully saturated rings. The average molecular weight is 503 g/mol. The van der Waals surface area contributed by atoms with Gasteiger partial charge in [0, 0.05) is 24.3 Å². The quantitative estimate of drug-likeness (QED) is 0.365. The Kier molecular flexibility index (Phi) is 9.77. The van der Waals surface area contributed by atoms with E-state index < -0.39 is 11.6 Å². The highest BCUT2D eigenvalue weighted by atomic mass is 32.2. The summed E-state index contributed by atoms with van der Waals surface area (Å²) in [5.41, 5.74) is 5.22. The molecule has 0 aliphatic rings. The third-order valence-electron chi connectivity index (χ3n) is 5.86. The normalized spacial score (nSPS) is 12.1. The Morgan fingerprint density at radius 2 is 1.36 bits per heavy atom. The van der Waals surface area contributed by atoms with Crippen LogP contribution in [0.4, 0.5) is 0 Å². The Bertz CT molecular complexity index is 1120. The molecule has 0 aromatic heterocycles. The number of hydrogen-bond acceptors (Lipinski definition) is 3. The number of rotatable bonds is 10. The number of hydrogen-bond donors (Lipinski definition) is 1. The van der Waals surface area contributed by atoms with Crippen LogP contribution in [0.25, 0.3) is 0 Å². The van der Waals surface area contributed by atoms with Gasteiger partial charge in [0.25, 0.3) is 0 Å². The molecule has 1 atom stereocenters. The topological polar surface area (TPSA) is 49.4 Å². The van der Waals surface area contributed by atoms with Crippen LogP contribution in [0.2, 0.25) is 0 Å². The van der Waals surface area contributed by atoms with Gasteiger partial charge in [-0.05, 0) is 51.3 Å². The minimum absolute atomic E-state index is 0.0299. The van der Waals surface area contributed by atoms with Crippen LogP contribution in [0.5, 0.6) is 0 Å². The van der Waals surface area contributed by atoms with Crippen molar-refractivity contribution in [2.24, 2.45) is 0 Å². The lowest BCUT2D eigenvalue weighted by molar-refractivity contribution is -0.140. The second kappa shape index (κ2) is 12.8. The van der Waals surface area contributed by atoms with Gasteiger partial charge in [0.05, 0.1) is 5.75 Å². The summed E-state index contributed by atoms with van der Waals surface area (Å²) in [6, 6.07) is 25.9. The van der Waals surface area contributed by atoms with Crippen molar-refractivity contribution in [1.29, 1.82) is 0 Å². The maximum Gasteiger partial charge on any atom is 0.243 e. The second-order valence-electron chi connectivity index (χ2n) is 10.4. The SMILES string of the molecule is Cc1ccc(CSCC(=O)N(Cc2ccc(C)cc2)[C@H](Cc2ccccc2)C(=O)NC(C)(C)C)cc1. The molecule has 3 aromatic rings. The van der Waals surface area contributed by atoms with Crippen LogP contribution < -0.4 is 5.32 Å². The standard InChI is InChI=1S/C31H38N2O2S/c1-23-11-15-26(16-12-23)20-33(29(34)22-36-21-27-17-13-24(2)14-18-27)28(30(35)32-31(3,4)5)19-25-9-7-6-8-10-25/h6-18,28H,19-22H2,1-5H3,(H,32,35)/t28-/m1/s1. The zero-order chi connectivity index (χ0) is 26.1. The largest absolute Gasteiger partial charge is 0.350 e. The summed E-state index contributed by atoms with van der Waals surface area (Å²) in [4.78, 5) is 29.0. The molecule has 4 nitrogen and oxygen atoms in total. The molecule has 0 spiro atoms. The van der Waals surface area contributed by atoms with Gasteiger partial charge >= 0.3 is 0 Å². The first kappa shape index (κ1) is 27.5. The lowest BCUT2D eigenvalue weighted by Crippen LogP contribution is -2.54. The molecule has 0 radical (unpaired) electrons. The molecule has 2 amide bonds. The number of amides is 2. The monoisotopic (exact) mass is 502 g/mol. The van der Waals surface area contributed by atoms with Crippen LogP contribution in [-0.4, -0.2) is 34.0 Å². The van der Waals surface area contributed by atoms with Gasteiger partial charge in [-0.25, -0.2) is 0 Å². The summed E-state index contributed by atoms with van der Waals surface area (Å²) in [7, 11) is 0. The molecule has 5 heteroatoms. The number of carbonyl (C=O) groups is 2. The van der Waals surface area contributed by atoms with Gasteiger partial charge in [0.1, 0.15) is 6.04 Å². The number of carbonyl (C=O) groups excluding carboxylic acids is 2. The zero-order valence-electron chi connectivity index (χ0n) is 22.1. The summed E-state index contributed by atoms with van der Waals surface area (Å²) in [5, 5.41) is 3.12. The van der Waals surface area contributed by atoms with E-state index in [2.05, 4.69) is 36.5 Å². The second-order valence-corrected chi connectivity index (χ2v) is 11.4. The summed E-state index contributed by atoms with van der Waals surface area (Å²) < 4.78 is 0. The minimum Gasteiger partial charge on any atom is -0.350 e. The van der Waals surface area contributed by atoms with Crippen molar-refractivity contribution in [2.75, 3.05) is 5.75 Å². The van der Waals surface area contributed by atoms with Crippen molar-refractivity contribution in [3.8, 4) is 0 Å². The minimum atomic E-state index is -0.611. The van der Waals surface area contributed by atoms with Gasteiger partial charge in [-0.2, -0.15) is 0 Å². The van der Waals surface area contributed by atoms with Crippen LogP contribution in [0.3, 0.4) is 0 Å². The van der Waals surface area contributed by atoms with Crippen molar-refractivity contribution in [2.45, 2.75) is 64.9 Å². The predicted octanol–water partition coefficient (Wildman–Crippen LogP) is 6.09. The Labute approximate surface area is 220 Å². The lowest BCUT2D eigenvalue weighted by Gasteiger charge is -2.34. The number of thioether (sulfide) groups is 1. The Balaban J connectivity index is 1.85. The van der Waals surface area contributed by atoms with Crippen LogP contribution in [0.15, 0.2) is 78.9 Å². The van der Waals surface area contributed by atoms with Gasteiger partial charge in [-0.3, -0.25) is 9.59 Å². The number of nitrogens with one attached hydrogen (secondary N) is 1. The fraction of sp³-hybridized carbons (Fsp3) is 0.355. The molecule has 1 N–H and O–H groups in total. The van der Waals surface area contributed by atoms with Crippen LogP contribution >= 0.6 is 11.8 Å². The van der Waals surface area contributed by atoms with Crippen molar-refractivity contribution in [1.82, 2.24) is 10.2 Å². The van der Waals surface area contributed by atoms with E-state index in [0.717, 1.165) is 22.4 Å². The fourth-order valence-electron chi connectivity index (χ4n) is 3.92. The highest BCUT2D eigenvalue weighted by Gasteiger charge is 2.32. The maximum absolute atomic E-state index is 13.7. The van der Waals surface area contributed by atoms with Crippen LogP contribution in [0.1, 0.15) is 48.6 Å². The molecule has 0 heterocycles. The summed E-state index contributed by atoms with van der Waals surface area (Å²) in [6.07, 6.45) is 0.461. The van der Waals surface area contributed by atoms with Gasteiger partial charge < -0.3 is 10.2 Å². The van der Waals surface area contributed by atoms with E-state index >= 15 is 0 Å². The van der Waals surface area contributed by atoms with Gasteiger partial charge in [-0.15, -0.1) is 11.8 Å². The molecule has 0 bridgehead atoms. The van der Waals surface area contributed by atoms with Crippen LogP contribution in [0, 0.1) is 13.8 Å². The molecule has 0 aliphatic carbocycles. The highest BCUT2D eigenvalue weighted by Crippen LogP contribution is 2.19. The van der Waals surface area contributed by atoms with Gasteiger partial charge in [0.15, 0.2) is 0 Å². The Morgan fingerprint density at radius 3 is 1.92 bits per heavy atom. The molecule has 0 unspecified atom stereocenters. The number of aryl methyl sites for hydroxylation is 2. The fourth-order valence-corrected chi connectivity index (χ4v) is 4.79. The molecule has 0 saturated carbocycles. The van der Waals surface area contributed by atoms with E-state index in [1.165, 1.54) is 11.1 Å². The van der Waals surface area contributed by atoms with Crippen molar-refractivity contribution in [3.63, 3.8) is 0 Å². The lowest BCUT2D eigenvalue weighted by atomic mass is 10.0. The molecule has 3 rings (SSSR count). The summed E-state index contributed by atoms with van der Waals surface area (Å²) >= 11 is 1.59. The van der Waals surface area contributed by atoms with Crippen molar-refractivity contribution < 1.29 is 9.59 Å². The zero-order valence-corrected chi connectivity index (χ0v) is 22.9. The molecule has 36 heavy (non-hydrogen) atoms. The van der Waals surface area contributed by atoms with Crippen molar-refractivity contribution in [3.05, 3.63) is 107 Å². The molecule has 0 aliphatic heterocycles. The maximum atomic E-state index is 13.7. The van der Waals surface area contributed by atoms with E-state index in [1.54, 1.807) is 16.7 Å². The van der Waals surface area contributed by atoms with E-state index in [4.69, 9.17) is 0 Å². The number of benzene rings is 3. The molecular weight excluding hydrogens is 464 g/mol. The third kappa shape index (κ3) is 8.87. The third-order valence-corrected chi connectivity index (χ3v) is 6.85. The van der Waals surface area contributed by atoms with Gasteiger partial charge in [-0.1, -0.05) is 90.0 Å². The first-order valence-electron chi connectivity index (χ1n) is 12.4. The summed E-state index contributed by atoms with van der Waals surface area (Å²) in [6.45, 7) is 10.4.